The van der Waals surface area contributed by atoms with Crippen molar-refractivity contribution in [2.45, 2.75) is 51.3 Å². The summed E-state index contributed by atoms with van der Waals surface area (Å²) in [6.45, 7) is 2.11. The Balaban J connectivity index is 1.33. The van der Waals surface area contributed by atoms with Gasteiger partial charge in [0.25, 0.3) is 5.56 Å². The summed E-state index contributed by atoms with van der Waals surface area (Å²) in [7, 11) is 0. The molecule has 31 heavy (non-hydrogen) atoms. The Morgan fingerprint density at radius 1 is 1.16 bits per heavy atom. The average Bonchev–Trinajstić information content (AvgIpc) is 3.29. The molecule has 1 aliphatic carbocycles. The van der Waals surface area contributed by atoms with Gasteiger partial charge in [-0.2, -0.15) is 0 Å². The number of benzene rings is 1. The zero-order valence-corrected chi connectivity index (χ0v) is 17.5. The van der Waals surface area contributed by atoms with Crippen LogP contribution in [0.5, 0.6) is 5.88 Å². The molecule has 7 heteroatoms. The lowest BCUT2D eigenvalue weighted by Gasteiger charge is -2.28. The minimum Gasteiger partial charge on any atom is -0.474 e. The fourth-order valence-electron chi connectivity index (χ4n) is 4.45. The van der Waals surface area contributed by atoms with Crippen molar-refractivity contribution in [3.63, 3.8) is 0 Å². The van der Waals surface area contributed by atoms with Crippen LogP contribution in [0.15, 0.2) is 47.4 Å². The normalized spacial score (nSPS) is 16.9. The van der Waals surface area contributed by atoms with Crippen LogP contribution in [0.25, 0.3) is 11.4 Å². The molecule has 2 aromatic heterocycles. The molecule has 160 valence electrons. The van der Waals surface area contributed by atoms with Crippen molar-refractivity contribution in [2.75, 3.05) is 12.3 Å². The third-order valence-corrected chi connectivity index (χ3v) is 6.16. The molecule has 1 aromatic carbocycles. The Morgan fingerprint density at radius 3 is 2.77 bits per heavy atom. The summed E-state index contributed by atoms with van der Waals surface area (Å²) in [6, 6.07) is 11.4. The number of fused-ring (bicyclic) bond motifs is 1. The summed E-state index contributed by atoms with van der Waals surface area (Å²) >= 11 is 0. The SMILES string of the molecule is Nc1ccc(-c2nc3c(c(=O)[nH]2)CN(Cc2cccnc2OC2CCCC2)CC3)cc1. The molecule has 3 aromatic rings. The predicted octanol–water partition coefficient (Wildman–Crippen LogP) is 3.29. The van der Waals surface area contributed by atoms with Gasteiger partial charge < -0.3 is 15.5 Å². The van der Waals surface area contributed by atoms with E-state index in [9.17, 15) is 4.79 Å². The summed E-state index contributed by atoms with van der Waals surface area (Å²) < 4.78 is 6.19. The number of nitrogens with two attached hydrogens (primary N) is 1. The zero-order chi connectivity index (χ0) is 21.2. The number of hydrogen-bond acceptors (Lipinski definition) is 6. The van der Waals surface area contributed by atoms with Crippen LogP contribution in [0.4, 0.5) is 5.69 Å². The quantitative estimate of drug-likeness (QED) is 0.619. The molecule has 1 aliphatic heterocycles. The van der Waals surface area contributed by atoms with Crippen molar-refractivity contribution in [1.29, 1.82) is 0 Å². The third kappa shape index (κ3) is 4.32. The topological polar surface area (TPSA) is 97.1 Å². The highest BCUT2D eigenvalue weighted by atomic mass is 16.5. The standard InChI is InChI=1S/C24H27N5O2/c25-18-9-7-16(8-10-18)22-27-21-11-13-29(15-20(21)23(30)28-22)14-17-4-3-12-26-24(17)31-19-5-1-2-6-19/h3-4,7-10,12,19H,1-2,5-6,11,13-15,25H2,(H,27,28,30). The van der Waals surface area contributed by atoms with E-state index in [-0.39, 0.29) is 11.7 Å². The van der Waals surface area contributed by atoms with Crippen molar-refractivity contribution in [3.05, 3.63) is 69.8 Å². The Kier molecular flexibility index (Phi) is 5.42. The number of H-pyrrole nitrogens is 1. The minimum absolute atomic E-state index is 0.0739. The summed E-state index contributed by atoms with van der Waals surface area (Å²) in [5, 5.41) is 0. The fourth-order valence-corrected chi connectivity index (χ4v) is 4.45. The van der Waals surface area contributed by atoms with E-state index in [1.165, 1.54) is 12.8 Å². The maximum absolute atomic E-state index is 12.8. The van der Waals surface area contributed by atoms with E-state index in [4.69, 9.17) is 15.5 Å². The Hall–Kier alpha value is -3.19. The van der Waals surface area contributed by atoms with Crippen LogP contribution in [-0.4, -0.2) is 32.5 Å². The van der Waals surface area contributed by atoms with Gasteiger partial charge in [0.2, 0.25) is 5.88 Å². The Labute approximate surface area is 181 Å². The predicted molar refractivity (Wildman–Crippen MR) is 120 cm³/mol. The molecular formula is C24H27N5O2. The zero-order valence-electron chi connectivity index (χ0n) is 17.5. The number of nitrogens with one attached hydrogen (secondary N) is 1. The molecular weight excluding hydrogens is 390 g/mol. The second kappa shape index (κ2) is 8.51. The number of pyridine rings is 1. The van der Waals surface area contributed by atoms with Gasteiger partial charge >= 0.3 is 0 Å². The molecule has 1 fully saturated rings. The van der Waals surface area contributed by atoms with Gasteiger partial charge in [0.1, 0.15) is 11.9 Å². The van der Waals surface area contributed by atoms with Crippen LogP contribution in [-0.2, 0) is 19.5 Å². The number of hydrogen-bond donors (Lipinski definition) is 2. The highest BCUT2D eigenvalue weighted by molar-refractivity contribution is 5.58. The molecule has 3 N–H and O–H groups in total. The van der Waals surface area contributed by atoms with Gasteiger partial charge in [0, 0.05) is 49.1 Å². The number of ether oxygens (including phenoxy) is 1. The van der Waals surface area contributed by atoms with E-state index in [0.717, 1.165) is 54.1 Å². The molecule has 0 atom stereocenters. The molecule has 5 rings (SSSR count). The van der Waals surface area contributed by atoms with E-state index in [0.29, 0.717) is 24.6 Å². The highest BCUT2D eigenvalue weighted by Crippen LogP contribution is 2.27. The van der Waals surface area contributed by atoms with Crippen LogP contribution in [0, 0.1) is 0 Å². The second-order valence-electron chi connectivity index (χ2n) is 8.41. The molecule has 0 amide bonds. The van der Waals surface area contributed by atoms with Crippen LogP contribution in [0.2, 0.25) is 0 Å². The Bertz CT molecular complexity index is 1120. The van der Waals surface area contributed by atoms with Crippen molar-refractivity contribution in [1.82, 2.24) is 19.9 Å². The highest BCUT2D eigenvalue weighted by Gasteiger charge is 2.24. The average molecular weight is 418 g/mol. The maximum atomic E-state index is 12.8. The molecule has 0 saturated heterocycles. The first-order chi connectivity index (χ1) is 15.2. The molecule has 2 aliphatic rings. The summed E-state index contributed by atoms with van der Waals surface area (Å²) in [5.41, 5.74) is 9.93. The van der Waals surface area contributed by atoms with Gasteiger partial charge in [-0.15, -0.1) is 0 Å². The first-order valence-corrected chi connectivity index (χ1v) is 11.0. The smallest absolute Gasteiger partial charge is 0.255 e. The van der Waals surface area contributed by atoms with Crippen molar-refractivity contribution in [2.24, 2.45) is 0 Å². The van der Waals surface area contributed by atoms with Gasteiger partial charge in [-0.3, -0.25) is 9.69 Å². The second-order valence-corrected chi connectivity index (χ2v) is 8.41. The van der Waals surface area contributed by atoms with Gasteiger partial charge in [-0.1, -0.05) is 6.07 Å². The van der Waals surface area contributed by atoms with Crippen molar-refractivity contribution < 1.29 is 4.74 Å². The number of anilines is 1. The van der Waals surface area contributed by atoms with Gasteiger partial charge in [0.15, 0.2) is 0 Å². The number of aromatic nitrogens is 3. The van der Waals surface area contributed by atoms with Crippen LogP contribution in [0.3, 0.4) is 0 Å². The third-order valence-electron chi connectivity index (χ3n) is 6.16. The molecule has 0 spiro atoms. The fraction of sp³-hybridized carbons (Fsp3) is 0.375. The van der Waals surface area contributed by atoms with Gasteiger partial charge in [0.05, 0.1) is 11.3 Å². The Morgan fingerprint density at radius 2 is 1.97 bits per heavy atom. The number of aromatic amines is 1. The molecule has 3 heterocycles. The van der Waals surface area contributed by atoms with E-state index >= 15 is 0 Å². The lowest BCUT2D eigenvalue weighted by Crippen LogP contribution is -2.35. The molecule has 7 nitrogen and oxygen atoms in total. The summed E-state index contributed by atoms with van der Waals surface area (Å²) in [5.74, 6) is 1.32. The number of nitrogen functional groups attached to an aromatic ring is 1. The van der Waals surface area contributed by atoms with E-state index in [2.05, 4.69) is 20.9 Å². The monoisotopic (exact) mass is 417 g/mol. The molecule has 1 saturated carbocycles. The van der Waals surface area contributed by atoms with Gasteiger partial charge in [-0.25, -0.2) is 9.97 Å². The first kappa shape index (κ1) is 19.8. The molecule has 0 bridgehead atoms. The van der Waals surface area contributed by atoms with Crippen molar-refractivity contribution >= 4 is 5.69 Å². The maximum Gasteiger partial charge on any atom is 0.255 e. The van der Waals surface area contributed by atoms with Crippen LogP contribution >= 0.6 is 0 Å². The summed E-state index contributed by atoms with van der Waals surface area (Å²) in [4.78, 5) is 27.3. The lowest BCUT2D eigenvalue weighted by molar-refractivity contribution is 0.190. The number of rotatable bonds is 5. The van der Waals surface area contributed by atoms with Crippen LogP contribution in [0.1, 0.15) is 42.5 Å². The van der Waals surface area contributed by atoms with E-state index in [1.807, 2.05) is 30.3 Å². The largest absolute Gasteiger partial charge is 0.474 e. The van der Waals surface area contributed by atoms with E-state index in [1.54, 1.807) is 6.20 Å². The van der Waals surface area contributed by atoms with Crippen molar-refractivity contribution in [3.8, 4) is 17.3 Å². The van der Waals surface area contributed by atoms with E-state index < -0.39 is 0 Å². The first-order valence-electron chi connectivity index (χ1n) is 11.0. The summed E-state index contributed by atoms with van der Waals surface area (Å²) in [6.07, 6.45) is 7.45. The molecule has 0 radical (unpaired) electrons. The minimum atomic E-state index is -0.0739. The van der Waals surface area contributed by atoms with Gasteiger partial charge in [-0.05, 0) is 56.0 Å². The molecule has 0 unspecified atom stereocenters. The lowest BCUT2D eigenvalue weighted by atomic mass is 10.1. The van der Waals surface area contributed by atoms with Crippen LogP contribution < -0.4 is 16.0 Å². The number of nitrogens with zero attached hydrogens (tertiary/aromatic N) is 3.